The van der Waals surface area contributed by atoms with Gasteiger partial charge in [0.15, 0.2) is 0 Å². The van der Waals surface area contributed by atoms with Crippen LogP contribution in [0.15, 0.2) is 18.2 Å². The Balaban J connectivity index is 2.40. The van der Waals surface area contributed by atoms with E-state index in [1.54, 1.807) is 0 Å². The normalized spacial score (nSPS) is 21.2. The zero-order valence-corrected chi connectivity index (χ0v) is 7.88. The van der Waals surface area contributed by atoms with Gasteiger partial charge in [0.25, 0.3) is 0 Å². The predicted octanol–water partition coefficient (Wildman–Crippen LogP) is 1.17. The van der Waals surface area contributed by atoms with E-state index in [2.05, 4.69) is 30.4 Å². The molecule has 0 radical (unpaired) electrons. The van der Waals surface area contributed by atoms with Crippen LogP contribution >= 0.6 is 0 Å². The molecule has 1 atom stereocenters. The third-order valence-electron chi connectivity index (χ3n) is 2.64. The number of rotatable bonds is 1. The maximum absolute atomic E-state index is 9.14. The summed E-state index contributed by atoms with van der Waals surface area (Å²) >= 11 is 0. The average Bonchev–Trinajstić information content (AvgIpc) is 2.16. The topological polar surface area (TPSA) is 32.3 Å². The fourth-order valence-corrected chi connectivity index (χ4v) is 1.94. The number of aliphatic hydroxyl groups is 1. The Kier molecular flexibility index (Phi) is 2.34. The Labute approximate surface area is 78.6 Å². The highest BCUT2D eigenvalue weighted by atomic mass is 16.3. The van der Waals surface area contributed by atoms with Crippen molar-refractivity contribution in [3.8, 4) is 0 Å². The Morgan fingerprint density at radius 3 is 3.15 bits per heavy atom. The summed E-state index contributed by atoms with van der Waals surface area (Å²) < 4.78 is 0. The zero-order chi connectivity index (χ0) is 9.26. The molecule has 2 nitrogen and oxygen atoms in total. The molecule has 1 aliphatic heterocycles. The van der Waals surface area contributed by atoms with Crippen molar-refractivity contribution in [3.63, 3.8) is 0 Å². The largest absolute Gasteiger partial charge is 0.394 e. The first-order valence-electron chi connectivity index (χ1n) is 4.75. The summed E-state index contributed by atoms with van der Waals surface area (Å²) in [7, 11) is 0. The molecular formula is C11H15NO. The first-order chi connectivity index (χ1) is 6.31. The van der Waals surface area contributed by atoms with Gasteiger partial charge in [0.05, 0.1) is 12.6 Å². The van der Waals surface area contributed by atoms with Crippen molar-refractivity contribution < 1.29 is 5.11 Å². The summed E-state index contributed by atoms with van der Waals surface area (Å²) in [5.41, 5.74) is 3.95. The van der Waals surface area contributed by atoms with Gasteiger partial charge in [-0.15, -0.1) is 0 Å². The van der Waals surface area contributed by atoms with Gasteiger partial charge in [-0.05, 0) is 31.0 Å². The second-order valence-corrected chi connectivity index (χ2v) is 3.64. The van der Waals surface area contributed by atoms with Gasteiger partial charge >= 0.3 is 0 Å². The molecule has 2 N–H and O–H groups in total. The van der Waals surface area contributed by atoms with Crippen LogP contribution in [0, 0.1) is 6.92 Å². The van der Waals surface area contributed by atoms with Crippen molar-refractivity contribution in [3.05, 3.63) is 34.9 Å². The molecule has 0 amide bonds. The lowest BCUT2D eigenvalue weighted by Gasteiger charge is -2.25. The van der Waals surface area contributed by atoms with Gasteiger partial charge < -0.3 is 10.4 Å². The maximum Gasteiger partial charge on any atom is 0.0626 e. The second kappa shape index (κ2) is 3.48. The van der Waals surface area contributed by atoms with E-state index >= 15 is 0 Å². The standard InChI is InChI=1S/C11H15NO/c1-8-2-3-10-9(6-8)4-5-12-11(10)7-13/h2-3,6,11-13H,4-5,7H2,1H3. The Bertz CT molecular complexity index is 309. The molecular weight excluding hydrogens is 162 g/mol. The molecule has 1 unspecified atom stereocenters. The maximum atomic E-state index is 9.14. The van der Waals surface area contributed by atoms with Crippen LogP contribution in [-0.2, 0) is 6.42 Å². The zero-order valence-electron chi connectivity index (χ0n) is 7.88. The van der Waals surface area contributed by atoms with E-state index in [-0.39, 0.29) is 12.6 Å². The SMILES string of the molecule is Cc1ccc2c(c1)CCNC2CO. The van der Waals surface area contributed by atoms with E-state index in [4.69, 9.17) is 5.11 Å². The minimum absolute atomic E-state index is 0.143. The third kappa shape index (κ3) is 1.60. The van der Waals surface area contributed by atoms with Crippen LogP contribution in [0.2, 0.25) is 0 Å². The predicted molar refractivity (Wildman–Crippen MR) is 52.7 cm³/mol. The van der Waals surface area contributed by atoms with Gasteiger partial charge in [0.1, 0.15) is 0 Å². The molecule has 1 aromatic rings. The van der Waals surface area contributed by atoms with Gasteiger partial charge in [-0.25, -0.2) is 0 Å². The summed E-state index contributed by atoms with van der Waals surface area (Å²) in [6.07, 6.45) is 1.08. The number of aliphatic hydroxyl groups excluding tert-OH is 1. The van der Waals surface area contributed by atoms with Crippen molar-refractivity contribution in [2.75, 3.05) is 13.2 Å². The van der Waals surface area contributed by atoms with E-state index in [0.29, 0.717) is 0 Å². The number of hydrogen-bond donors (Lipinski definition) is 2. The summed E-state index contributed by atoms with van der Waals surface area (Å²) in [6, 6.07) is 6.59. The number of benzene rings is 1. The van der Waals surface area contributed by atoms with Crippen LogP contribution in [0.5, 0.6) is 0 Å². The number of fused-ring (bicyclic) bond motifs is 1. The fraction of sp³-hybridized carbons (Fsp3) is 0.455. The van der Waals surface area contributed by atoms with Gasteiger partial charge in [-0.1, -0.05) is 23.8 Å². The highest BCUT2D eigenvalue weighted by Crippen LogP contribution is 2.23. The van der Waals surface area contributed by atoms with Crippen molar-refractivity contribution in [1.82, 2.24) is 5.32 Å². The van der Waals surface area contributed by atoms with E-state index in [9.17, 15) is 0 Å². The van der Waals surface area contributed by atoms with Crippen LogP contribution < -0.4 is 5.32 Å². The van der Waals surface area contributed by atoms with Crippen molar-refractivity contribution in [2.45, 2.75) is 19.4 Å². The molecule has 2 heteroatoms. The summed E-state index contributed by atoms with van der Waals surface area (Å²) in [6.45, 7) is 3.27. The lowest BCUT2D eigenvalue weighted by Crippen LogP contribution is -2.32. The third-order valence-corrected chi connectivity index (χ3v) is 2.64. The first kappa shape index (κ1) is 8.73. The van der Waals surface area contributed by atoms with Crippen molar-refractivity contribution in [2.24, 2.45) is 0 Å². The van der Waals surface area contributed by atoms with E-state index < -0.39 is 0 Å². The second-order valence-electron chi connectivity index (χ2n) is 3.64. The lowest BCUT2D eigenvalue weighted by atomic mass is 9.93. The summed E-state index contributed by atoms with van der Waals surface area (Å²) in [5, 5.41) is 12.4. The molecule has 0 saturated heterocycles. The Morgan fingerprint density at radius 2 is 2.38 bits per heavy atom. The van der Waals surface area contributed by atoms with Crippen LogP contribution in [0.1, 0.15) is 22.7 Å². The molecule has 0 aromatic heterocycles. The van der Waals surface area contributed by atoms with E-state index in [0.717, 1.165) is 13.0 Å². The van der Waals surface area contributed by atoms with Crippen molar-refractivity contribution in [1.29, 1.82) is 0 Å². The van der Waals surface area contributed by atoms with Crippen LogP contribution in [-0.4, -0.2) is 18.3 Å². The van der Waals surface area contributed by atoms with Crippen LogP contribution in [0.4, 0.5) is 0 Å². The van der Waals surface area contributed by atoms with E-state index in [1.165, 1.54) is 16.7 Å². The van der Waals surface area contributed by atoms with Gasteiger partial charge in [0.2, 0.25) is 0 Å². The van der Waals surface area contributed by atoms with Gasteiger partial charge in [-0.3, -0.25) is 0 Å². The number of hydrogen-bond acceptors (Lipinski definition) is 2. The average molecular weight is 177 g/mol. The highest BCUT2D eigenvalue weighted by molar-refractivity contribution is 5.35. The molecule has 0 spiro atoms. The molecule has 1 aromatic carbocycles. The molecule has 70 valence electrons. The number of nitrogens with one attached hydrogen (secondary N) is 1. The van der Waals surface area contributed by atoms with Crippen LogP contribution in [0.3, 0.4) is 0 Å². The van der Waals surface area contributed by atoms with Gasteiger partial charge in [0, 0.05) is 0 Å². The minimum Gasteiger partial charge on any atom is -0.394 e. The molecule has 0 saturated carbocycles. The summed E-state index contributed by atoms with van der Waals surface area (Å²) in [4.78, 5) is 0. The first-order valence-corrected chi connectivity index (χ1v) is 4.75. The minimum atomic E-state index is 0.143. The van der Waals surface area contributed by atoms with Crippen molar-refractivity contribution >= 4 is 0 Å². The molecule has 13 heavy (non-hydrogen) atoms. The molecule has 0 bridgehead atoms. The van der Waals surface area contributed by atoms with Gasteiger partial charge in [-0.2, -0.15) is 0 Å². The summed E-state index contributed by atoms with van der Waals surface area (Å²) in [5.74, 6) is 0. The highest BCUT2D eigenvalue weighted by Gasteiger charge is 2.17. The lowest BCUT2D eigenvalue weighted by molar-refractivity contribution is 0.240. The van der Waals surface area contributed by atoms with E-state index in [1.807, 2.05) is 0 Å². The van der Waals surface area contributed by atoms with Crippen LogP contribution in [0.25, 0.3) is 0 Å². The molecule has 1 aliphatic rings. The Hall–Kier alpha value is -0.860. The molecule has 1 heterocycles. The quantitative estimate of drug-likeness (QED) is 0.675. The molecule has 2 rings (SSSR count). The monoisotopic (exact) mass is 177 g/mol. The Morgan fingerprint density at radius 1 is 1.54 bits per heavy atom. The number of aryl methyl sites for hydroxylation is 1. The smallest absolute Gasteiger partial charge is 0.0626 e. The molecule has 0 fully saturated rings. The fourth-order valence-electron chi connectivity index (χ4n) is 1.94. The molecule has 0 aliphatic carbocycles.